The topological polar surface area (TPSA) is 60.2 Å². The molecule has 0 aliphatic heterocycles. The van der Waals surface area contributed by atoms with Gasteiger partial charge in [-0.25, -0.2) is 8.42 Å². The molecular formula is C11H17NO2S. The Labute approximate surface area is 91.2 Å². The highest BCUT2D eigenvalue weighted by Crippen LogP contribution is 2.22. The van der Waals surface area contributed by atoms with Gasteiger partial charge < -0.3 is 5.73 Å². The molecule has 0 unspecified atom stereocenters. The van der Waals surface area contributed by atoms with Gasteiger partial charge in [0.05, 0.1) is 16.3 Å². The van der Waals surface area contributed by atoms with Gasteiger partial charge in [-0.2, -0.15) is 0 Å². The molecule has 0 amide bonds. The third-order valence-electron chi connectivity index (χ3n) is 2.05. The average molecular weight is 227 g/mol. The van der Waals surface area contributed by atoms with E-state index in [0.717, 1.165) is 5.56 Å². The zero-order valence-corrected chi connectivity index (χ0v) is 10.1. The molecule has 4 heteroatoms. The molecule has 0 aromatic heterocycles. The van der Waals surface area contributed by atoms with Gasteiger partial charge in [-0.05, 0) is 30.5 Å². The fourth-order valence-electron chi connectivity index (χ4n) is 1.48. The molecule has 1 rings (SSSR count). The summed E-state index contributed by atoms with van der Waals surface area (Å²) in [5.41, 5.74) is 7.02. The molecule has 84 valence electrons. The number of nitrogens with two attached hydrogens (primary N) is 1. The van der Waals surface area contributed by atoms with Gasteiger partial charge in [-0.15, -0.1) is 0 Å². The van der Waals surface area contributed by atoms with E-state index in [9.17, 15) is 8.42 Å². The molecule has 0 aliphatic carbocycles. The van der Waals surface area contributed by atoms with Crippen LogP contribution in [0.1, 0.15) is 19.4 Å². The summed E-state index contributed by atoms with van der Waals surface area (Å²) in [5.74, 6) is 0.246. The summed E-state index contributed by atoms with van der Waals surface area (Å²) in [4.78, 5) is 0.252. The van der Waals surface area contributed by atoms with Gasteiger partial charge in [0.2, 0.25) is 0 Å². The Morgan fingerprint density at radius 3 is 2.40 bits per heavy atom. The number of nitrogen functional groups attached to an aromatic ring is 1. The van der Waals surface area contributed by atoms with Crippen LogP contribution >= 0.6 is 0 Å². The first-order valence-corrected chi connectivity index (χ1v) is 6.57. The molecule has 0 heterocycles. The fourth-order valence-corrected chi connectivity index (χ4v) is 3.23. The molecule has 1 aromatic rings. The standard InChI is InChI=1S/C11H17NO2S/c1-8(2)7-15(13,14)11-5-4-9(3)6-10(11)12/h4-6,8H,7,12H2,1-3H3. The minimum absolute atomic E-state index is 0.107. The van der Waals surface area contributed by atoms with Gasteiger partial charge in [0.15, 0.2) is 9.84 Å². The Balaban J connectivity index is 3.16. The number of hydrogen-bond donors (Lipinski definition) is 1. The summed E-state index contributed by atoms with van der Waals surface area (Å²) in [5, 5.41) is 0. The van der Waals surface area contributed by atoms with Gasteiger partial charge >= 0.3 is 0 Å². The van der Waals surface area contributed by atoms with Gasteiger partial charge in [-0.1, -0.05) is 19.9 Å². The van der Waals surface area contributed by atoms with Crippen molar-refractivity contribution in [1.82, 2.24) is 0 Å². The van der Waals surface area contributed by atoms with E-state index < -0.39 is 9.84 Å². The molecule has 0 fully saturated rings. The Kier molecular flexibility index (Phi) is 3.39. The van der Waals surface area contributed by atoms with Gasteiger partial charge in [0, 0.05) is 0 Å². The lowest BCUT2D eigenvalue weighted by Gasteiger charge is -2.09. The van der Waals surface area contributed by atoms with Crippen LogP contribution in [0, 0.1) is 12.8 Å². The summed E-state index contributed by atoms with van der Waals surface area (Å²) in [6.45, 7) is 5.64. The van der Waals surface area contributed by atoms with Crippen LogP contribution < -0.4 is 5.73 Å². The third-order valence-corrected chi connectivity index (χ3v) is 4.20. The van der Waals surface area contributed by atoms with Crippen molar-refractivity contribution < 1.29 is 8.42 Å². The van der Waals surface area contributed by atoms with Crippen molar-refractivity contribution in [3.05, 3.63) is 23.8 Å². The van der Waals surface area contributed by atoms with Crippen molar-refractivity contribution >= 4 is 15.5 Å². The molecule has 0 radical (unpaired) electrons. The second-order valence-corrected chi connectivity index (χ2v) is 6.22. The quantitative estimate of drug-likeness (QED) is 0.803. The Morgan fingerprint density at radius 1 is 1.33 bits per heavy atom. The van der Waals surface area contributed by atoms with Gasteiger partial charge in [0.25, 0.3) is 0 Å². The Bertz CT molecular complexity index is 450. The highest BCUT2D eigenvalue weighted by Gasteiger charge is 2.18. The maximum atomic E-state index is 11.9. The minimum atomic E-state index is -3.23. The summed E-state index contributed by atoms with van der Waals surface area (Å²) >= 11 is 0. The molecule has 0 saturated carbocycles. The number of anilines is 1. The number of benzene rings is 1. The van der Waals surface area contributed by atoms with E-state index in [1.165, 1.54) is 0 Å². The molecule has 0 spiro atoms. The van der Waals surface area contributed by atoms with Crippen LogP contribution in [-0.4, -0.2) is 14.2 Å². The summed E-state index contributed by atoms with van der Waals surface area (Å²) < 4.78 is 23.8. The molecule has 1 aromatic carbocycles. The van der Waals surface area contributed by atoms with Crippen LogP contribution in [0.5, 0.6) is 0 Å². The SMILES string of the molecule is Cc1ccc(S(=O)(=O)CC(C)C)c(N)c1. The molecule has 3 nitrogen and oxygen atoms in total. The second-order valence-electron chi connectivity index (χ2n) is 4.22. The summed E-state index contributed by atoms with van der Waals surface area (Å²) in [6.07, 6.45) is 0. The molecule has 0 aliphatic rings. The van der Waals surface area contributed by atoms with E-state index in [1.807, 2.05) is 20.8 Å². The predicted octanol–water partition coefficient (Wildman–Crippen LogP) is 2.01. The molecular weight excluding hydrogens is 210 g/mol. The van der Waals surface area contributed by atoms with E-state index in [4.69, 9.17) is 5.73 Å². The number of hydrogen-bond acceptors (Lipinski definition) is 3. The summed E-state index contributed by atoms with van der Waals surface area (Å²) in [7, 11) is -3.23. The molecule has 2 N–H and O–H groups in total. The van der Waals surface area contributed by atoms with Crippen molar-refractivity contribution in [1.29, 1.82) is 0 Å². The lowest BCUT2D eigenvalue weighted by atomic mass is 10.2. The first kappa shape index (κ1) is 12.0. The maximum Gasteiger partial charge on any atom is 0.180 e. The van der Waals surface area contributed by atoms with Crippen LogP contribution in [0.4, 0.5) is 5.69 Å². The highest BCUT2D eigenvalue weighted by molar-refractivity contribution is 7.91. The van der Waals surface area contributed by atoms with Gasteiger partial charge in [-0.3, -0.25) is 0 Å². The minimum Gasteiger partial charge on any atom is -0.398 e. The smallest absolute Gasteiger partial charge is 0.180 e. The molecule has 0 atom stereocenters. The average Bonchev–Trinajstić information content (AvgIpc) is 1.99. The van der Waals surface area contributed by atoms with Crippen LogP contribution in [-0.2, 0) is 9.84 Å². The van der Waals surface area contributed by atoms with Crippen LogP contribution in [0.3, 0.4) is 0 Å². The first-order valence-electron chi connectivity index (χ1n) is 4.92. The van der Waals surface area contributed by atoms with E-state index in [2.05, 4.69) is 0 Å². The lowest BCUT2D eigenvalue weighted by Crippen LogP contribution is -2.13. The summed E-state index contributed by atoms with van der Waals surface area (Å²) in [6, 6.07) is 5.04. The number of aryl methyl sites for hydroxylation is 1. The van der Waals surface area contributed by atoms with Crippen molar-refractivity contribution in [3.8, 4) is 0 Å². The maximum absolute atomic E-state index is 11.9. The van der Waals surface area contributed by atoms with Crippen molar-refractivity contribution in [3.63, 3.8) is 0 Å². The van der Waals surface area contributed by atoms with Gasteiger partial charge in [0.1, 0.15) is 0 Å². The zero-order chi connectivity index (χ0) is 11.6. The Hall–Kier alpha value is -1.03. The van der Waals surface area contributed by atoms with E-state index in [-0.39, 0.29) is 16.6 Å². The predicted molar refractivity (Wildman–Crippen MR) is 62.5 cm³/mol. The van der Waals surface area contributed by atoms with Crippen LogP contribution in [0.15, 0.2) is 23.1 Å². The van der Waals surface area contributed by atoms with Crippen molar-refractivity contribution in [2.75, 3.05) is 11.5 Å². The van der Waals surface area contributed by atoms with Crippen molar-refractivity contribution in [2.24, 2.45) is 5.92 Å². The zero-order valence-electron chi connectivity index (χ0n) is 9.32. The molecule has 0 saturated heterocycles. The third kappa shape index (κ3) is 2.96. The van der Waals surface area contributed by atoms with Crippen LogP contribution in [0.2, 0.25) is 0 Å². The fraction of sp³-hybridized carbons (Fsp3) is 0.455. The number of rotatable bonds is 3. The van der Waals surface area contributed by atoms with E-state index in [1.54, 1.807) is 18.2 Å². The van der Waals surface area contributed by atoms with Crippen LogP contribution in [0.25, 0.3) is 0 Å². The molecule has 15 heavy (non-hydrogen) atoms. The lowest BCUT2D eigenvalue weighted by molar-refractivity contribution is 0.583. The van der Waals surface area contributed by atoms with E-state index in [0.29, 0.717) is 5.69 Å². The first-order chi connectivity index (χ1) is 6.83. The monoisotopic (exact) mass is 227 g/mol. The normalized spacial score (nSPS) is 12.0. The highest BCUT2D eigenvalue weighted by atomic mass is 32.2. The second kappa shape index (κ2) is 4.23. The molecule has 0 bridgehead atoms. The Morgan fingerprint density at radius 2 is 1.93 bits per heavy atom. The number of sulfone groups is 1. The largest absolute Gasteiger partial charge is 0.398 e. The van der Waals surface area contributed by atoms with Crippen molar-refractivity contribution in [2.45, 2.75) is 25.7 Å². The van der Waals surface area contributed by atoms with E-state index >= 15 is 0 Å².